The molecule has 8 heteroatoms. The van der Waals surface area contributed by atoms with Crippen LogP contribution in [0.25, 0.3) is 0 Å². The first kappa shape index (κ1) is 18.7. The zero-order valence-corrected chi connectivity index (χ0v) is 14.7. The smallest absolute Gasteiger partial charge is 0.253 e. The van der Waals surface area contributed by atoms with Gasteiger partial charge in [0.1, 0.15) is 18.0 Å². The Morgan fingerprint density at radius 3 is 2.73 bits per heavy atom. The number of aliphatic hydroxyl groups is 3. The van der Waals surface area contributed by atoms with E-state index < -0.39 is 23.7 Å². The number of benzene rings is 1. The number of hydrogen-bond donors (Lipinski definition) is 4. The number of nitrogens with one attached hydrogen (secondary N) is 1. The molecule has 0 aliphatic carbocycles. The number of amides is 1. The van der Waals surface area contributed by atoms with Gasteiger partial charge in [-0.05, 0) is 11.6 Å². The summed E-state index contributed by atoms with van der Waals surface area (Å²) in [6.45, 7) is 0.395. The predicted octanol–water partition coefficient (Wildman–Crippen LogP) is 0.546. The second-order valence-electron chi connectivity index (χ2n) is 5.95. The van der Waals surface area contributed by atoms with E-state index in [1.54, 1.807) is 0 Å². The van der Waals surface area contributed by atoms with Crippen molar-refractivity contribution in [3.8, 4) is 5.75 Å². The second kappa shape index (κ2) is 8.50. The Balaban J connectivity index is 1.61. The summed E-state index contributed by atoms with van der Waals surface area (Å²) in [5, 5.41) is 32.1. The number of aliphatic hydroxyl groups excluding tert-OH is 3. The van der Waals surface area contributed by atoms with Crippen LogP contribution in [0.15, 0.2) is 48.8 Å². The summed E-state index contributed by atoms with van der Waals surface area (Å²) in [5.74, 6) is 0.254. The monoisotopic (exact) mass is 376 g/mol. The third-order valence-electron chi connectivity index (χ3n) is 3.98. The summed E-state index contributed by atoms with van der Waals surface area (Å²) in [5.41, 5.74) is 0.558. The highest BCUT2D eigenvalue weighted by atomic mass is 32.2. The maximum Gasteiger partial charge on any atom is 0.253 e. The molecule has 0 spiro atoms. The van der Waals surface area contributed by atoms with Gasteiger partial charge in [0.25, 0.3) is 5.91 Å². The van der Waals surface area contributed by atoms with Gasteiger partial charge in [0.2, 0.25) is 0 Å². The molecule has 7 nitrogen and oxygen atoms in total. The molecular formula is C18H20N2O5S. The van der Waals surface area contributed by atoms with Gasteiger partial charge < -0.3 is 25.4 Å². The van der Waals surface area contributed by atoms with Crippen molar-refractivity contribution in [1.29, 1.82) is 0 Å². The van der Waals surface area contributed by atoms with Crippen molar-refractivity contribution in [2.24, 2.45) is 0 Å². The van der Waals surface area contributed by atoms with E-state index in [2.05, 4.69) is 10.3 Å². The molecule has 1 aromatic heterocycles. The highest BCUT2D eigenvalue weighted by Gasteiger charge is 2.38. The first-order valence-corrected chi connectivity index (χ1v) is 9.19. The fourth-order valence-electron chi connectivity index (χ4n) is 2.50. The lowest BCUT2D eigenvalue weighted by molar-refractivity contribution is -0.0786. The molecule has 0 saturated carbocycles. The lowest BCUT2D eigenvalue weighted by Gasteiger charge is -2.34. The number of aromatic nitrogens is 1. The van der Waals surface area contributed by atoms with Gasteiger partial charge in [-0.25, -0.2) is 0 Å². The number of pyridine rings is 1. The van der Waals surface area contributed by atoms with Crippen LogP contribution in [0, 0.1) is 0 Å². The number of nitrogens with zero attached hydrogens (tertiary/aromatic N) is 1. The molecule has 1 aliphatic rings. The van der Waals surface area contributed by atoms with E-state index in [0.29, 0.717) is 17.9 Å². The first-order chi connectivity index (χ1) is 12.5. The highest BCUT2D eigenvalue weighted by molar-refractivity contribution is 7.99. The maximum atomic E-state index is 12.3. The van der Waals surface area contributed by atoms with Crippen LogP contribution in [-0.4, -0.2) is 55.7 Å². The Bertz CT molecular complexity index is 745. The highest BCUT2D eigenvalue weighted by Crippen LogP contribution is 2.29. The van der Waals surface area contributed by atoms with Gasteiger partial charge >= 0.3 is 0 Å². The Morgan fingerprint density at radius 1 is 1.19 bits per heavy atom. The molecule has 26 heavy (non-hydrogen) atoms. The average Bonchev–Trinajstić information content (AvgIpc) is 2.67. The molecule has 2 aromatic rings. The van der Waals surface area contributed by atoms with Crippen LogP contribution >= 0.6 is 11.8 Å². The molecule has 1 aliphatic heterocycles. The van der Waals surface area contributed by atoms with E-state index >= 15 is 0 Å². The van der Waals surface area contributed by atoms with Gasteiger partial charge in [-0.3, -0.25) is 9.78 Å². The second-order valence-corrected chi connectivity index (χ2v) is 7.08. The minimum Gasteiger partial charge on any atom is -0.475 e. The summed E-state index contributed by atoms with van der Waals surface area (Å²) in [6.07, 6.45) is -0.650. The van der Waals surface area contributed by atoms with Crippen LogP contribution < -0.4 is 10.1 Å². The van der Waals surface area contributed by atoms with Gasteiger partial charge in [-0.15, -0.1) is 11.8 Å². The van der Waals surface area contributed by atoms with Gasteiger partial charge in [0.15, 0.2) is 5.44 Å². The molecule has 1 amide bonds. The van der Waals surface area contributed by atoms with Crippen molar-refractivity contribution < 1.29 is 24.9 Å². The summed E-state index contributed by atoms with van der Waals surface area (Å²) in [6, 6.07) is 11.1. The molecule has 1 saturated heterocycles. The predicted molar refractivity (Wildman–Crippen MR) is 96.7 cm³/mol. The molecule has 4 atom stereocenters. The van der Waals surface area contributed by atoms with Crippen molar-refractivity contribution in [3.63, 3.8) is 0 Å². The quantitative estimate of drug-likeness (QED) is 0.603. The Kier molecular flexibility index (Phi) is 6.10. The van der Waals surface area contributed by atoms with Crippen molar-refractivity contribution in [2.75, 3.05) is 5.75 Å². The van der Waals surface area contributed by atoms with Crippen LogP contribution in [-0.2, 0) is 6.54 Å². The molecule has 0 bridgehead atoms. The topological polar surface area (TPSA) is 112 Å². The van der Waals surface area contributed by atoms with Crippen LogP contribution in [0.5, 0.6) is 5.75 Å². The maximum absolute atomic E-state index is 12.3. The fraction of sp³-hybridized carbons (Fsp3) is 0.333. The van der Waals surface area contributed by atoms with Crippen molar-refractivity contribution in [1.82, 2.24) is 10.3 Å². The molecule has 2 heterocycles. The molecule has 138 valence electrons. The summed E-state index contributed by atoms with van der Waals surface area (Å²) in [4.78, 5) is 16.3. The van der Waals surface area contributed by atoms with Gasteiger partial charge in [0, 0.05) is 18.5 Å². The van der Waals surface area contributed by atoms with Gasteiger partial charge in [0.05, 0.1) is 17.9 Å². The SMILES string of the molecule is O=C(NCc1ccccc1)c1cncc(O[C@@H]2SC[C@@H](O)[C@H](O)[C@H]2O)c1. The van der Waals surface area contributed by atoms with Crippen molar-refractivity contribution in [3.05, 3.63) is 59.9 Å². The van der Waals surface area contributed by atoms with Crippen LogP contribution in [0.3, 0.4) is 0 Å². The number of thioether (sulfide) groups is 1. The Morgan fingerprint density at radius 2 is 1.96 bits per heavy atom. The summed E-state index contributed by atoms with van der Waals surface area (Å²) < 4.78 is 5.64. The van der Waals surface area contributed by atoms with E-state index in [9.17, 15) is 20.1 Å². The Hall–Kier alpha value is -2.13. The van der Waals surface area contributed by atoms with Crippen LogP contribution in [0.1, 0.15) is 15.9 Å². The van der Waals surface area contributed by atoms with Gasteiger partial charge in [-0.1, -0.05) is 30.3 Å². The number of carbonyl (C=O) groups excluding carboxylic acids is 1. The number of carbonyl (C=O) groups is 1. The largest absolute Gasteiger partial charge is 0.475 e. The van der Waals surface area contributed by atoms with E-state index in [1.165, 1.54) is 30.2 Å². The van der Waals surface area contributed by atoms with Crippen LogP contribution in [0.2, 0.25) is 0 Å². The Labute approximate surface area is 155 Å². The lowest BCUT2D eigenvalue weighted by atomic mass is 10.1. The molecular weight excluding hydrogens is 356 g/mol. The molecule has 0 unspecified atom stereocenters. The zero-order chi connectivity index (χ0) is 18.5. The fourth-order valence-corrected chi connectivity index (χ4v) is 3.63. The van der Waals surface area contributed by atoms with Gasteiger partial charge in [-0.2, -0.15) is 0 Å². The first-order valence-electron chi connectivity index (χ1n) is 8.14. The zero-order valence-electron chi connectivity index (χ0n) is 13.9. The third kappa shape index (κ3) is 4.53. The molecule has 3 rings (SSSR count). The minimum absolute atomic E-state index is 0.244. The van der Waals surface area contributed by atoms with E-state index in [1.807, 2.05) is 30.3 Å². The normalized spacial score (nSPS) is 25.5. The molecule has 1 fully saturated rings. The van der Waals surface area contributed by atoms with Crippen LogP contribution in [0.4, 0.5) is 0 Å². The summed E-state index contributed by atoms with van der Waals surface area (Å²) in [7, 11) is 0. The third-order valence-corrected chi connectivity index (χ3v) is 5.22. The van der Waals surface area contributed by atoms with Crippen molar-refractivity contribution >= 4 is 17.7 Å². The standard InChI is InChI=1S/C18H20N2O5S/c21-14-10-26-18(16(23)15(14)22)25-13-6-12(8-19-9-13)17(24)20-7-11-4-2-1-3-5-11/h1-6,8-9,14-16,18,21-23H,7,10H2,(H,20,24)/t14-,15+,16-,18-/m1/s1. The lowest BCUT2D eigenvalue weighted by Crippen LogP contribution is -2.50. The molecule has 1 aromatic carbocycles. The molecule has 0 radical (unpaired) electrons. The van der Waals surface area contributed by atoms with Crippen molar-refractivity contribution in [2.45, 2.75) is 30.3 Å². The number of hydrogen-bond acceptors (Lipinski definition) is 7. The number of ether oxygens (including phenoxy) is 1. The molecule has 4 N–H and O–H groups in total. The number of rotatable bonds is 5. The average molecular weight is 376 g/mol. The van der Waals surface area contributed by atoms with E-state index in [4.69, 9.17) is 4.74 Å². The van der Waals surface area contributed by atoms with E-state index in [-0.39, 0.29) is 11.7 Å². The summed E-state index contributed by atoms with van der Waals surface area (Å²) >= 11 is 1.19. The van der Waals surface area contributed by atoms with E-state index in [0.717, 1.165) is 5.56 Å². The minimum atomic E-state index is -1.27.